The highest BCUT2D eigenvalue weighted by Crippen LogP contribution is 2.42. The van der Waals surface area contributed by atoms with Gasteiger partial charge in [0.05, 0.1) is 17.1 Å². The Morgan fingerprint density at radius 3 is 2.48 bits per heavy atom. The summed E-state index contributed by atoms with van der Waals surface area (Å²) in [7, 11) is -3.26. The average Bonchev–Trinajstić information content (AvgIpc) is 3.15. The van der Waals surface area contributed by atoms with Gasteiger partial charge in [-0.25, -0.2) is 13.2 Å². The van der Waals surface area contributed by atoms with Crippen molar-refractivity contribution in [1.29, 1.82) is 0 Å². The zero-order chi connectivity index (χ0) is 18.2. The molecule has 1 amide bonds. The molecule has 1 saturated heterocycles. The molecular formula is C18H23NO5S. The summed E-state index contributed by atoms with van der Waals surface area (Å²) in [4.78, 5) is 26.0. The van der Waals surface area contributed by atoms with Gasteiger partial charge in [-0.1, -0.05) is 25.5 Å². The summed E-state index contributed by atoms with van der Waals surface area (Å²) in [6.07, 6.45) is 2.99. The second-order valence-electron chi connectivity index (χ2n) is 6.91. The molecule has 0 aromatic heterocycles. The molecule has 1 aromatic rings. The molecule has 1 saturated carbocycles. The van der Waals surface area contributed by atoms with Gasteiger partial charge in [0.15, 0.2) is 9.84 Å². The number of carbonyl (C=O) groups excluding carboxylic acids is 1. The van der Waals surface area contributed by atoms with Crippen LogP contribution in [0.15, 0.2) is 29.2 Å². The lowest BCUT2D eigenvalue weighted by Crippen LogP contribution is -2.43. The van der Waals surface area contributed by atoms with Crippen molar-refractivity contribution in [3.05, 3.63) is 29.8 Å². The Morgan fingerprint density at radius 1 is 1.20 bits per heavy atom. The van der Waals surface area contributed by atoms with E-state index in [4.69, 9.17) is 0 Å². The number of carboxylic acid groups (broad SMARTS) is 1. The number of hydrogen-bond donors (Lipinski definition) is 1. The van der Waals surface area contributed by atoms with Gasteiger partial charge in [-0.2, -0.15) is 0 Å². The highest BCUT2D eigenvalue weighted by Gasteiger charge is 2.49. The number of sulfone groups is 1. The minimum Gasteiger partial charge on any atom is -0.480 e. The Kier molecular flexibility index (Phi) is 4.86. The number of nitrogens with zero attached hydrogens (tertiary/aromatic N) is 1. The number of fused-ring (bicyclic) bond motifs is 1. The predicted octanol–water partition coefficient (Wildman–Crippen LogP) is 1.73. The molecule has 1 N–H and O–H groups in total. The summed E-state index contributed by atoms with van der Waals surface area (Å²) in [5.41, 5.74) is 0.696. The number of benzene rings is 1. The average molecular weight is 365 g/mol. The molecule has 0 bridgehead atoms. The van der Waals surface area contributed by atoms with Crippen LogP contribution in [0.5, 0.6) is 0 Å². The Morgan fingerprint density at radius 2 is 1.88 bits per heavy atom. The van der Waals surface area contributed by atoms with E-state index in [9.17, 15) is 23.1 Å². The first-order chi connectivity index (χ1) is 11.8. The van der Waals surface area contributed by atoms with Crippen molar-refractivity contribution in [2.45, 2.75) is 43.5 Å². The molecule has 7 heteroatoms. The third-order valence-electron chi connectivity index (χ3n) is 5.48. The molecule has 0 radical (unpaired) electrons. The van der Waals surface area contributed by atoms with Crippen molar-refractivity contribution >= 4 is 21.7 Å². The van der Waals surface area contributed by atoms with Gasteiger partial charge in [0, 0.05) is 6.54 Å². The van der Waals surface area contributed by atoms with Gasteiger partial charge in [-0.3, -0.25) is 4.79 Å². The van der Waals surface area contributed by atoms with Crippen molar-refractivity contribution in [1.82, 2.24) is 4.90 Å². The SMILES string of the molecule is CCS(=O)(=O)c1ccc(CC(=O)N2CC3CCCC3C2C(=O)O)cc1. The number of carboxylic acids is 1. The van der Waals surface area contributed by atoms with Crippen molar-refractivity contribution in [2.75, 3.05) is 12.3 Å². The first kappa shape index (κ1) is 17.9. The van der Waals surface area contributed by atoms with E-state index in [2.05, 4.69) is 0 Å². The van der Waals surface area contributed by atoms with Crippen LogP contribution in [-0.4, -0.2) is 48.6 Å². The van der Waals surface area contributed by atoms with Gasteiger partial charge >= 0.3 is 5.97 Å². The number of amides is 1. The fourth-order valence-corrected chi connectivity index (χ4v) is 5.02. The quantitative estimate of drug-likeness (QED) is 0.858. The topological polar surface area (TPSA) is 91.8 Å². The lowest BCUT2D eigenvalue weighted by molar-refractivity contribution is -0.149. The second-order valence-corrected chi connectivity index (χ2v) is 9.19. The van der Waals surface area contributed by atoms with Crippen molar-refractivity contribution in [2.24, 2.45) is 11.8 Å². The molecule has 0 spiro atoms. The maximum atomic E-state index is 12.6. The maximum absolute atomic E-state index is 12.6. The third-order valence-corrected chi connectivity index (χ3v) is 7.23. The van der Waals surface area contributed by atoms with Crippen LogP contribution in [0.3, 0.4) is 0 Å². The molecule has 3 atom stereocenters. The normalized spacial score (nSPS) is 25.8. The molecular weight excluding hydrogens is 342 g/mol. The van der Waals surface area contributed by atoms with Crippen LogP contribution in [0, 0.1) is 11.8 Å². The summed E-state index contributed by atoms with van der Waals surface area (Å²) in [6.45, 7) is 2.10. The largest absolute Gasteiger partial charge is 0.480 e. The fraction of sp³-hybridized carbons (Fsp3) is 0.556. The fourth-order valence-electron chi connectivity index (χ4n) is 4.14. The van der Waals surface area contributed by atoms with Gasteiger partial charge in [-0.05, 0) is 42.4 Å². The number of likely N-dealkylation sites (tertiary alicyclic amines) is 1. The van der Waals surface area contributed by atoms with Gasteiger partial charge in [0.2, 0.25) is 5.91 Å². The molecule has 1 aliphatic carbocycles. The molecule has 3 rings (SSSR count). The molecule has 1 aliphatic heterocycles. The zero-order valence-electron chi connectivity index (χ0n) is 14.2. The van der Waals surface area contributed by atoms with E-state index < -0.39 is 21.8 Å². The van der Waals surface area contributed by atoms with Gasteiger partial charge in [0.25, 0.3) is 0 Å². The molecule has 1 heterocycles. The summed E-state index contributed by atoms with van der Waals surface area (Å²) < 4.78 is 23.7. The molecule has 6 nitrogen and oxygen atoms in total. The number of carbonyl (C=O) groups is 2. The van der Waals surface area contributed by atoms with Crippen molar-refractivity contribution < 1.29 is 23.1 Å². The molecule has 25 heavy (non-hydrogen) atoms. The predicted molar refractivity (Wildman–Crippen MR) is 91.8 cm³/mol. The van der Waals surface area contributed by atoms with Crippen LogP contribution in [0.2, 0.25) is 0 Å². The lowest BCUT2D eigenvalue weighted by atomic mass is 9.94. The molecule has 136 valence electrons. The first-order valence-electron chi connectivity index (χ1n) is 8.67. The summed E-state index contributed by atoms with van der Waals surface area (Å²) in [5, 5.41) is 9.54. The molecule has 1 aromatic carbocycles. The van der Waals surface area contributed by atoms with Crippen LogP contribution < -0.4 is 0 Å². The van der Waals surface area contributed by atoms with E-state index in [-0.39, 0.29) is 28.9 Å². The number of aliphatic carboxylic acids is 1. The summed E-state index contributed by atoms with van der Waals surface area (Å²) >= 11 is 0. The van der Waals surface area contributed by atoms with E-state index in [1.165, 1.54) is 17.0 Å². The van der Waals surface area contributed by atoms with E-state index >= 15 is 0 Å². The van der Waals surface area contributed by atoms with E-state index in [1.807, 2.05) is 0 Å². The van der Waals surface area contributed by atoms with E-state index in [0.29, 0.717) is 18.0 Å². The second kappa shape index (κ2) is 6.78. The van der Waals surface area contributed by atoms with Gasteiger partial charge in [-0.15, -0.1) is 0 Å². The monoisotopic (exact) mass is 365 g/mol. The van der Waals surface area contributed by atoms with Crippen molar-refractivity contribution in [3.8, 4) is 0 Å². The third kappa shape index (κ3) is 3.42. The summed E-state index contributed by atoms with van der Waals surface area (Å²) in [6, 6.07) is 5.56. The molecule has 2 aliphatic rings. The van der Waals surface area contributed by atoms with E-state index in [0.717, 1.165) is 19.3 Å². The minimum absolute atomic E-state index is 0.0299. The molecule has 2 fully saturated rings. The Balaban J connectivity index is 1.73. The number of rotatable bonds is 5. The highest BCUT2D eigenvalue weighted by atomic mass is 32.2. The first-order valence-corrected chi connectivity index (χ1v) is 10.3. The summed E-state index contributed by atoms with van der Waals surface area (Å²) in [5.74, 6) is -0.733. The van der Waals surface area contributed by atoms with Gasteiger partial charge < -0.3 is 10.0 Å². The highest BCUT2D eigenvalue weighted by molar-refractivity contribution is 7.91. The number of hydrogen-bond acceptors (Lipinski definition) is 4. The van der Waals surface area contributed by atoms with Gasteiger partial charge in [0.1, 0.15) is 6.04 Å². The maximum Gasteiger partial charge on any atom is 0.326 e. The Bertz CT molecular complexity index is 771. The Hall–Kier alpha value is -1.89. The van der Waals surface area contributed by atoms with E-state index in [1.54, 1.807) is 19.1 Å². The van der Waals surface area contributed by atoms with Crippen LogP contribution in [-0.2, 0) is 25.8 Å². The smallest absolute Gasteiger partial charge is 0.326 e. The Labute approximate surface area is 147 Å². The van der Waals surface area contributed by atoms with Crippen LogP contribution in [0.1, 0.15) is 31.7 Å². The zero-order valence-corrected chi connectivity index (χ0v) is 15.0. The van der Waals surface area contributed by atoms with Crippen LogP contribution in [0.4, 0.5) is 0 Å². The minimum atomic E-state index is -3.26. The standard InChI is InChI=1S/C18H23NO5S/c1-2-25(23,24)14-8-6-12(7-9-14)10-16(20)19-11-13-4-3-5-15(13)17(19)18(21)22/h6-9,13,15,17H,2-5,10-11H2,1H3,(H,21,22). The van der Waals surface area contributed by atoms with Crippen molar-refractivity contribution in [3.63, 3.8) is 0 Å². The van der Waals surface area contributed by atoms with Crippen LogP contribution in [0.25, 0.3) is 0 Å². The van der Waals surface area contributed by atoms with Crippen LogP contribution >= 0.6 is 0 Å². The lowest BCUT2D eigenvalue weighted by Gasteiger charge is -2.24. The molecule has 3 unspecified atom stereocenters.